The molecule has 12 rings (SSSR count). The van der Waals surface area contributed by atoms with Crippen molar-refractivity contribution in [1.29, 1.82) is 0 Å². The molecule has 0 fully saturated rings. The Balaban J connectivity index is 1.20. The molecule has 0 saturated heterocycles. The Morgan fingerprint density at radius 1 is 0.452 bits per heavy atom. The summed E-state index contributed by atoms with van der Waals surface area (Å²) in [5.41, 5.74) is 18.1. The fourth-order valence-electron chi connectivity index (χ4n) is 11.6. The standard InChI is InChI=1S/C60H50N2/c1-59(2)49-25-10-14-29-53(49)61(54-30-15-11-26-50(54)59)41-33-35-45-47(37-41)57(40-20-6-5-7-21-40)48-38-42(34-36-46(48)58(45)44-24-18-22-39-19-8-9-23-43(39)44)62-55-31-16-12-27-51(55)60(3,4)52-28-13-17-32-56(52)62/h5-6,8-16,18-20,22-31,33-38H,7,17,21,32H2,1-4H3. The number of nitrogens with zero attached hydrogens (tertiary/aromatic N) is 2. The lowest BCUT2D eigenvalue weighted by atomic mass is 9.71. The van der Waals surface area contributed by atoms with E-state index in [2.05, 4.69) is 220 Å². The van der Waals surface area contributed by atoms with Crippen LogP contribution < -0.4 is 9.80 Å². The third kappa shape index (κ3) is 5.35. The van der Waals surface area contributed by atoms with Crippen LogP contribution in [0.15, 0.2) is 193 Å². The van der Waals surface area contributed by atoms with Crippen LogP contribution in [-0.4, -0.2) is 0 Å². The molecule has 0 unspecified atom stereocenters. The van der Waals surface area contributed by atoms with Gasteiger partial charge in [-0.25, -0.2) is 0 Å². The maximum absolute atomic E-state index is 2.60. The Bertz CT molecular complexity index is 3260. The summed E-state index contributed by atoms with van der Waals surface area (Å²) in [5.74, 6) is 0. The molecule has 2 heterocycles. The molecule has 0 atom stereocenters. The lowest BCUT2D eigenvalue weighted by Gasteiger charge is -2.44. The number of hydrogen-bond donors (Lipinski definition) is 0. The number of rotatable bonds is 4. The van der Waals surface area contributed by atoms with Crippen LogP contribution in [0.1, 0.15) is 75.6 Å². The predicted molar refractivity (Wildman–Crippen MR) is 265 cm³/mol. The number of allylic oxidation sites excluding steroid dienone is 8. The van der Waals surface area contributed by atoms with Crippen molar-refractivity contribution >= 4 is 66.3 Å². The molecular formula is C60H50N2. The van der Waals surface area contributed by atoms with Crippen molar-refractivity contribution in [2.24, 2.45) is 0 Å². The molecule has 8 aromatic carbocycles. The molecule has 2 aliphatic heterocycles. The van der Waals surface area contributed by atoms with Gasteiger partial charge in [-0.2, -0.15) is 0 Å². The van der Waals surface area contributed by atoms with Gasteiger partial charge < -0.3 is 9.80 Å². The molecule has 62 heavy (non-hydrogen) atoms. The van der Waals surface area contributed by atoms with Gasteiger partial charge in [0.25, 0.3) is 0 Å². The maximum Gasteiger partial charge on any atom is 0.0502 e. The van der Waals surface area contributed by atoms with Crippen molar-refractivity contribution in [3.63, 3.8) is 0 Å². The van der Waals surface area contributed by atoms with Crippen molar-refractivity contribution < 1.29 is 0 Å². The van der Waals surface area contributed by atoms with E-state index in [9.17, 15) is 0 Å². The SMILES string of the molecule is CC1(C)C2=C(CCC=C2)N(c2ccc3c(-c4cccc5ccccc45)c4ccc(N5c6ccccc6C(C)(C)c6ccccc65)cc4c(C4=CC=CCC4)c3c2)c2ccccc21. The maximum atomic E-state index is 2.60. The molecule has 0 radical (unpaired) electrons. The van der Waals surface area contributed by atoms with Crippen LogP contribution in [0.25, 0.3) is 49.0 Å². The highest BCUT2D eigenvalue weighted by Crippen LogP contribution is 2.55. The normalized spacial score (nSPS) is 17.2. The third-order valence-corrected chi connectivity index (χ3v) is 14.5. The highest BCUT2D eigenvalue weighted by molar-refractivity contribution is 6.22. The van der Waals surface area contributed by atoms with E-state index < -0.39 is 0 Å². The van der Waals surface area contributed by atoms with Crippen LogP contribution in [0.2, 0.25) is 0 Å². The molecule has 4 aliphatic rings. The molecule has 300 valence electrons. The van der Waals surface area contributed by atoms with E-state index in [1.54, 1.807) is 0 Å². The highest BCUT2D eigenvalue weighted by atomic mass is 15.2. The van der Waals surface area contributed by atoms with Gasteiger partial charge in [0, 0.05) is 33.6 Å². The zero-order chi connectivity index (χ0) is 41.7. The van der Waals surface area contributed by atoms with Crippen LogP contribution in [-0.2, 0) is 10.8 Å². The van der Waals surface area contributed by atoms with Crippen molar-refractivity contribution in [3.8, 4) is 11.1 Å². The van der Waals surface area contributed by atoms with Crippen LogP contribution in [0, 0.1) is 0 Å². The van der Waals surface area contributed by atoms with E-state index in [4.69, 9.17) is 0 Å². The molecular weight excluding hydrogens is 749 g/mol. The molecule has 8 aromatic rings. The number of para-hydroxylation sites is 3. The van der Waals surface area contributed by atoms with Crippen LogP contribution in [0.4, 0.5) is 28.4 Å². The molecule has 0 amide bonds. The van der Waals surface area contributed by atoms with E-state index in [-0.39, 0.29) is 10.8 Å². The number of fused-ring (bicyclic) bond motifs is 6. The van der Waals surface area contributed by atoms with Crippen LogP contribution >= 0.6 is 0 Å². The van der Waals surface area contributed by atoms with Gasteiger partial charge in [0.1, 0.15) is 0 Å². The van der Waals surface area contributed by atoms with Gasteiger partial charge in [-0.15, -0.1) is 0 Å². The minimum Gasteiger partial charge on any atom is -0.314 e. The molecule has 2 aliphatic carbocycles. The lowest BCUT2D eigenvalue weighted by molar-refractivity contribution is 0.603. The topological polar surface area (TPSA) is 6.48 Å². The average Bonchev–Trinajstić information content (AvgIpc) is 3.31. The van der Waals surface area contributed by atoms with Crippen molar-refractivity contribution in [1.82, 2.24) is 0 Å². The van der Waals surface area contributed by atoms with Crippen molar-refractivity contribution in [2.75, 3.05) is 9.80 Å². The summed E-state index contributed by atoms with van der Waals surface area (Å²) < 4.78 is 0. The van der Waals surface area contributed by atoms with Gasteiger partial charge in [0.2, 0.25) is 0 Å². The number of benzene rings is 8. The monoisotopic (exact) mass is 798 g/mol. The van der Waals surface area contributed by atoms with E-state index in [1.165, 1.54) is 111 Å². The second kappa shape index (κ2) is 13.8. The fraction of sp³-hybridized carbons (Fsp3) is 0.167. The molecule has 0 bridgehead atoms. The van der Waals surface area contributed by atoms with E-state index in [1.807, 2.05) is 0 Å². The molecule has 0 N–H and O–H groups in total. The quantitative estimate of drug-likeness (QED) is 0.164. The molecule has 2 nitrogen and oxygen atoms in total. The molecule has 0 saturated carbocycles. The lowest BCUT2D eigenvalue weighted by Crippen LogP contribution is -2.34. The summed E-state index contributed by atoms with van der Waals surface area (Å²) in [4.78, 5) is 5.11. The third-order valence-electron chi connectivity index (χ3n) is 14.5. The number of anilines is 5. The Hall–Kier alpha value is -6.90. The zero-order valence-corrected chi connectivity index (χ0v) is 36.0. The molecule has 2 heteroatoms. The van der Waals surface area contributed by atoms with Crippen molar-refractivity contribution in [3.05, 3.63) is 216 Å². The summed E-state index contributed by atoms with van der Waals surface area (Å²) in [6, 6.07) is 57.5. The average molecular weight is 799 g/mol. The van der Waals surface area contributed by atoms with E-state index in [0.717, 1.165) is 25.7 Å². The Morgan fingerprint density at radius 2 is 1.02 bits per heavy atom. The first-order valence-electron chi connectivity index (χ1n) is 22.5. The van der Waals surface area contributed by atoms with Crippen LogP contribution in [0.3, 0.4) is 0 Å². The van der Waals surface area contributed by atoms with Gasteiger partial charge in [0.15, 0.2) is 0 Å². The van der Waals surface area contributed by atoms with Gasteiger partial charge in [-0.05, 0) is 145 Å². The zero-order valence-electron chi connectivity index (χ0n) is 36.0. The summed E-state index contributed by atoms with van der Waals surface area (Å²) in [6.45, 7) is 9.54. The second-order valence-corrected chi connectivity index (χ2v) is 18.7. The summed E-state index contributed by atoms with van der Waals surface area (Å²) >= 11 is 0. The smallest absolute Gasteiger partial charge is 0.0502 e. The highest BCUT2D eigenvalue weighted by Gasteiger charge is 2.39. The summed E-state index contributed by atoms with van der Waals surface area (Å²) in [6.07, 6.45) is 15.8. The van der Waals surface area contributed by atoms with Crippen LogP contribution in [0.5, 0.6) is 0 Å². The Morgan fingerprint density at radius 3 is 1.68 bits per heavy atom. The van der Waals surface area contributed by atoms with Gasteiger partial charge in [0.05, 0.1) is 11.4 Å². The minimum atomic E-state index is -0.134. The Labute approximate surface area is 365 Å². The van der Waals surface area contributed by atoms with Gasteiger partial charge in [-0.1, -0.05) is 167 Å². The second-order valence-electron chi connectivity index (χ2n) is 18.7. The Kier molecular flexibility index (Phi) is 8.22. The minimum absolute atomic E-state index is 0.0877. The first-order chi connectivity index (χ1) is 30.3. The summed E-state index contributed by atoms with van der Waals surface area (Å²) in [7, 11) is 0. The van der Waals surface area contributed by atoms with E-state index in [0.29, 0.717) is 0 Å². The first-order valence-corrected chi connectivity index (χ1v) is 22.5. The van der Waals surface area contributed by atoms with Gasteiger partial charge in [-0.3, -0.25) is 0 Å². The first kappa shape index (κ1) is 36.9. The predicted octanol–water partition coefficient (Wildman–Crippen LogP) is 16.7. The van der Waals surface area contributed by atoms with Gasteiger partial charge >= 0.3 is 0 Å². The number of hydrogen-bond acceptors (Lipinski definition) is 2. The largest absolute Gasteiger partial charge is 0.314 e. The van der Waals surface area contributed by atoms with Crippen molar-refractivity contribution in [2.45, 2.75) is 64.2 Å². The molecule has 0 aromatic heterocycles. The summed E-state index contributed by atoms with van der Waals surface area (Å²) in [5, 5.41) is 7.68. The van der Waals surface area contributed by atoms with E-state index >= 15 is 0 Å². The fourth-order valence-corrected chi connectivity index (χ4v) is 11.6. The molecule has 0 spiro atoms.